The van der Waals surface area contributed by atoms with Crippen LogP contribution in [0.15, 0.2) is 34.7 Å². The van der Waals surface area contributed by atoms with E-state index < -0.39 is 82.5 Å². The topological polar surface area (TPSA) is 122 Å². The number of halogens is 6. The summed E-state index contributed by atoms with van der Waals surface area (Å²) in [5.41, 5.74) is 1.32. The van der Waals surface area contributed by atoms with Crippen molar-refractivity contribution >= 4 is 35.2 Å². The van der Waals surface area contributed by atoms with Crippen LogP contribution in [-0.2, 0) is 31.8 Å². The first kappa shape index (κ1) is 28.0. The summed E-state index contributed by atoms with van der Waals surface area (Å²) in [5.74, 6) is -8.13. The van der Waals surface area contributed by atoms with Crippen LogP contribution < -0.4 is 5.73 Å². The fourth-order valence-electron chi connectivity index (χ4n) is 4.01. The Kier molecular flexibility index (Phi) is 8.20. The number of methoxy groups -OCH3 is 1. The second-order valence-corrected chi connectivity index (χ2v) is 8.57. The Balaban J connectivity index is 2.46. The predicted molar refractivity (Wildman–Crippen MR) is 121 cm³/mol. The standard InChI is InChI=1S/C22H21ClF5N5O4/c1-9(2)37-20(35)16-13(7-33-8-30-32-21(33)29)31-12(6-24)15(19(34)36-3)17(16)14-11(25)5-4-10(23)18(14)22(26,27)28/h4-5,8-9,15,17H,6-7H2,1-3H3,(H2,29,32). The van der Waals surface area contributed by atoms with Crippen LogP contribution in [0.25, 0.3) is 0 Å². The van der Waals surface area contributed by atoms with E-state index in [9.17, 15) is 27.2 Å². The second kappa shape index (κ2) is 10.8. The number of carbonyl (C=O) groups excluding carboxylic acids is 2. The van der Waals surface area contributed by atoms with Gasteiger partial charge < -0.3 is 15.2 Å². The van der Waals surface area contributed by atoms with Crippen LogP contribution >= 0.6 is 11.6 Å². The minimum atomic E-state index is -5.23. The van der Waals surface area contributed by atoms with E-state index in [2.05, 4.69) is 15.2 Å². The first-order valence-electron chi connectivity index (χ1n) is 10.6. The highest BCUT2D eigenvalue weighted by Gasteiger charge is 2.50. The Morgan fingerprint density at radius 3 is 2.46 bits per heavy atom. The molecular weight excluding hydrogens is 529 g/mol. The number of hydrogen-bond donors (Lipinski definition) is 1. The fraction of sp³-hybridized carbons (Fsp3) is 0.409. The monoisotopic (exact) mass is 549 g/mol. The lowest BCUT2D eigenvalue weighted by atomic mass is 9.73. The van der Waals surface area contributed by atoms with Crippen molar-refractivity contribution in [1.29, 1.82) is 0 Å². The van der Waals surface area contributed by atoms with Gasteiger partial charge in [-0.25, -0.2) is 13.6 Å². The summed E-state index contributed by atoms with van der Waals surface area (Å²) in [6, 6.07) is 1.32. The van der Waals surface area contributed by atoms with Gasteiger partial charge in [-0.2, -0.15) is 13.2 Å². The van der Waals surface area contributed by atoms with Crippen molar-refractivity contribution < 1.29 is 41.0 Å². The third kappa shape index (κ3) is 5.58. The average Bonchev–Trinajstić information content (AvgIpc) is 3.21. The number of esters is 2. The van der Waals surface area contributed by atoms with Crippen molar-refractivity contribution in [3.05, 3.63) is 51.7 Å². The van der Waals surface area contributed by atoms with Crippen molar-refractivity contribution in [3.63, 3.8) is 0 Å². The number of alkyl halides is 4. The van der Waals surface area contributed by atoms with Gasteiger partial charge in [-0.3, -0.25) is 14.4 Å². The molecule has 2 heterocycles. The van der Waals surface area contributed by atoms with Crippen molar-refractivity contribution in [2.75, 3.05) is 19.5 Å². The first-order valence-corrected chi connectivity index (χ1v) is 11.0. The van der Waals surface area contributed by atoms with Gasteiger partial charge in [-0.05, 0) is 26.0 Å². The summed E-state index contributed by atoms with van der Waals surface area (Å²) in [6.07, 6.45) is -4.89. The number of aliphatic imine (C=N–C) groups is 1. The maximum absolute atomic E-state index is 15.3. The van der Waals surface area contributed by atoms with Gasteiger partial charge in [0.1, 0.15) is 24.7 Å². The fourth-order valence-corrected chi connectivity index (χ4v) is 4.29. The molecule has 1 aromatic heterocycles. The molecule has 2 aromatic rings. The van der Waals surface area contributed by atoms with Crippen molar-refractivity contribution in [2.24, 2.45) is 10.9 Å². The van der Waals surface area contributed by atoms with Gasteiger partial charge in [0.2, 0.25) is 5.95 Å². The number of allylic oxidation sites excluding steroid dienone is 1. The largest absolute Gasteiger partial charge is 0.468 e. The van der Waals surface area contributed by atoms with Crippen LogP contribution in [0, 0.1) is 11.7 Å². The van der Waals surface area contributed by atoms with Crippen LogP contribution in [0.4, 0.5) is 27.9 Å². The number of rotatable bonds is 7. The smallest absolute Gasteiger partial charge is 0.418 e. The van der Waals surface area contributed by atoms with E-state index in [0.29, 0.717) is 12.1 Å². The molecule has 1 aliphatic heterocycles. The molecule has 2 atom stereocenters. The number of ether oxygens (including phenoxy) is 2. The normalized spacial score (nSPS) is 18.2. The molecule has 0 amide bonds. The van der Waals surface area contributed by atoms with Crippen LogP contribution in [0.1, 0.15) is 30.9 Å². The molecule has 0 spiro atoms. The Bertz CT molecular complexity index is 1270. The molecule has 0 fully saturated rings. The lowest BCUT2D eigenvalue weighted by molar-refractivity contribution is -0.146. The molecule has 2 unspecified atom stereocenters. The van der Waals surface area contributed by atoms with E-state index in [0.717, 1.165) is 18.0 Å². The number of nitrogens with two attached hydrogens (primary N) is 1. The molecule has 1 aliphatic rings. The van der Waals surface area contributed by atoms with Gasteiger partial charge in [0.25, 0.3) is 0 Å². The van der Waals surface area contributed by atoms with E-state index in [4.69, 9.17) is 26.8 Å². The van der Waals surface area contributed by atoms with Gasteiger partial charge in [0.15, 0.2) is 0 Å². The number of aromatic nitrogens is 3. The molecule has 37 heavy (non-hydrogen) atoms. The number of carbonyl (C=O) groups is 2. The predicted octanol–water partition coefficient (Wildman–Crippen LogP) is 3.87. The molecule has 200 valence electrons. The van der Waals surface area contributed by atoms with E-state index in [-0.39, 0.29) is 11.6 Å². The van der Waals surface area contributed by atoms with Crippen LogP contribution in [0.3, 0.4) is 0 Å². The lowest BCUT2D eigenvalue weighted by Gasteiger charge is -2.34. The molecule has 0 saturated carbocycles. The van der Waals surface area contributed by atoms with Crippen molar-refractivity contribution in [2.45, 2.75) is 38.6 Å². The number of benzene rings is 1. The highest BCUT2D eigenvalue weighted by molar-refractivity contribution is 6.31. The lowest BCUT2D eigenvalue weighted by Crippen LogP contribution is -2.40. The zero-order chi connectivity index (χ0) is 27.7. The maximum Gasteiger partial charge on any atom is 0.418 e. The van der Waals surface area contributed by atoms with Gasteiger partial charge in [0.05, 0.1) is 47.3 Å². The quantitative estimate of drug-likeness (QED) is 0.411. The van der Waals surface area contributed by atoms with E-state index in [1.54, 1.807) is 0 Å². The SMILES string of the molecule is COC(=O)C1C(CF)=NC(Cn2cnnc2N)=C(C(=O)OC(C)C)C1c1c(F)ccc(Cl)c1C(F)(F)F. The van der Waals surface area contributed by atoms with Crippen molar-refractivity contribution in [1.82, 2.24) is 14.8 Å². The molecule has 2 N–H and O–H groups in total. The van der Waals surface area contributed by atoms with E-state index in [1.807, 2.05) is 0 Å². The summed E-state index contributed by atoms with van der Waals surface area (Å²) >= 11 is 5.84. The molecule has 9 nitrogen and oxygen atoms in total. The minimum Gasteiger partial charge on any atom is -0.468 e. The average molecular weight is 550 g/mol. The third-order valence-electron chi connectivity index (χ3n) is 5.45. The highest BCUT2D eigenvalue weighted by Crippen LogP contribution is 2.48. The molecule has 0 radical (unpaired) electrons. The zero-order valence-corrected chi connectivity index (χ0v) is 20.4. The van der Waals surface area contributed by atoms with Gasteiger partial charge in [-0.15, -0.1) is 10.2 Å². The Morgan fingerprint density at radius 1 is 1.27 bits per heavy atom. The molecule has 1 aromatic carbocycles. The second-order valence-electron chi connectivity index (χ2n) is 8.16. The number of nitrogen functional groups attached to an aromatic ring is 1. The Hall–Kier alpha value is -3.55. The van der Waals surface area contributed by atoms with Gasteiger partial charge in [0, 0.05) is 11.5 Å². The third-order valence-corrected chi connectivity index (χ3v) is 5.76. The molecule has 0 aliphatic carbocycles. The van der Waals surface area contributed by atoms with Gasteiger partial charge in [-0.1, -0.05) is 11.6 Å². The minimum absolute atomic E-state index is 0.169. The molecule has 15 heteroatoms. The number of anilines is 1. The van der Waals surface area contributed by atoms with Crippen LogP contribution in [0.2, 0.25) is 5.02 Å². The van der Waals surface area contributed by atoms with E-state index >= 15 is 4.39 Å². The summed E-state index contributed by atoms with van der Waals surface area (Å²) in [4.78, 5) is 30.2. The zero-order valence-electron chi connectivity index (χ0n) is 19.6. The molecule has 0 bridgehead atoms. The molecule has 3 rings (SSSR count). The summed E-state index contributed by atoms with van der Waals surface area (Å²) in [5, 5.41) is 6.25. The number of hydrogen-bond acceptors (Lipinski definition) is 8. The molecular formula is C22H21ClF5N5O4. The van der Waals surface area contributed by atoms with Crippen molar-refractivity contribution in [3.8, 4) is 0 Å². The number of nitrogens with zero attached hydrogens (tertiary/aromatic N) is 4. The summed E-state index contributed by atoms with van der Waals surface area (Å²) in [6.45, 7) is 1.04. The highest BCUT2D eigenvalue weighted by atomic mass is 35.5. The van der Waals surface area contributed by atoms with Crippen LogP contribution in [0.5, 0.6) is 0 Å². The summed E-state index contributed by atoms with van der Waals surface area (Å²) in [7, 11) is 0.900. The molecule has 0 saturated heterocycles. The Morgan fingerprint density at radius 2 is 1.95 bits per heavy atom. The van der Waals surface area contributed by atoms with Crippen LogP contribution in [-0.4, -0.2) is 52.3 Å². The Labute approximate surface area is 212 Å². The maximum atomic E-state index is 15.3. The van der Waals surface area contributed by atoms with E-state index in [1.165, 1.54) is 13.8 Å². The summed E-state index contributed by atoms with van der Waals surface area (Å²) < 4.78 is 83.2. The van der Waals surface area contributed by atoms with Gasteiger partial charge >= 0.3 is 18.1 Å². The first-order chi connectivity index (χ1) is 17.3.